The van der Waals surface area contributed by atoms with Gasteiger partial charge in [0.25, 0.3) is 5.91 Å². The molecule has 2 aliphatic rings. The third kappa shape index (κ3) is 11.4. The summed E-state index contributed by atoms with van der Waals surface area (Å²) in [6, 6.07) is 20.5. The Bertz CT molecular complexity index is 2330. The van der Waals surface area contributed by atoms with Gasteiger partial charge < -0.3 is 42.9 Å². The number of phenols is 1. The van der Waals surface area contributed by atoms with Gasteiger partial charge in [0.15, 0.2) is 5.43 Å². The van der Waals surface area contributed by atoms with Crippen molar-refractivity contribution in [2.45, 2.75) is 39.0 Å². The van der Waals surface area contributed by atoms with Crippen molar-refractivity contribution in [3.63, 3.8) is 0 Å². The number of phenolic OH excluding ortho intramolecular Hbond substituents is 1. The first kappa shape index (κ1) is 42.0. The summed E-state index contributed by atoms with van der Waals surface area (Å²) < 4.78 is 5.87. The number of aromatic carboxylic acids is 1. The van der Waals surface area contributed by atoms with Crippen LogP contribution in [0.1, 0.15) is 64.4 Å². The van der Waals surface area contributed by atoms with Gasteiger partial charge in [-0.25, -0.2) is 4.79 Å². The molecule has 1 heterocycles. The van der Waals surface area contributed by atoms with Crippen molar-refractivity contribution in [1.29, 1.82) is 0 Å². The minimum Gasteiger partial charge on any atom is -0.692 e. The number of carboxylic acid groups (broad SMARTS) is 1. The molecule has 1 unspecified atom stereocenters. The Balaban J connectivity index is 0.00000673. The van der Waals surface area contributed by atoms with Crippen molar-refractivity contribution in [1.82, 2.24) is 16.0 Å². The molecule has 12 heteroatoms. The van der Waals surface area contributed by atoms with Gasteiger partial charge in [-0.1, -0.05) is 43.4 Å². The van der Waals surface area contributed by atoms with Crippen molar-refractivity contribution in [2.75, 3.05) is 19.6 Å². The number of aromatic hydroxyl groups is 1. The predicted octanol–water partition coefficient (Wildman–Crippen LogP) is 5.31. The molecule has 0 fully saturated rings. The van der Waals surface area contributed by atoms with Crippen LogP contribution in [0.5, 0.6) is 5.75 Å². The molecule has 0 spiro atoms. The molecule has 11 nitrogen and oxygen atoms in total. The van der Waals surface area contributed by atoms with Crippen molar-refractivity contribution in [3.8, 4) is 46.0 Å². The number of carbonyl (C=O) groups excluding carboxylic acids is 3. The van der Waals surface area contributed by atoms with E-state index in [0.717, 1.165) is 24.0 Å². The van der Waals surface area contributed by atoms with Crippen molar-refractivity contribution in [3.05, 3.63) is 118 Å². The maximum atomic E-state index is 13.0. The van der Waals surface area contributed by atoms with E-state index < -0.39 is 11.9 Å². The second-order valence-electron chi connectivity index (χ2n) is 12.7. The van der Waals surface area contributed by atoms with Gasteiger partial charge in [-0.3, -0.25) is 19.2 Å². The van der Waals surface area contributed by atoms with E-state index >= 15 is 0 Å². The van der Waals surface area contributed by atoms with Crippen LogP contribution in [0.3, 0.4) is 0 Å². The van der Waals surface area contributed by atoms with Crippen LogP contribution in [0.15, 0.2) is 88.1 Å². The molecule has 0 saturated carbocycles. The van der Waals surface area contributed by atoms with Crippen molar-refractivity contribution < 1.29 is 66.5 Å². The first-order valence-electron chi connectivity index (χ1n) is 17.4. The van der Waals surface area contributed by atoms with E-state index in [9.17, 15) is 34.2 Å². The fraction of sp³-hybridized carbons (Fsp3) is 0.233. The van der Waals surface area contributed by atoms with Crippen LogP contribution in [-0.4, -0.2) is 53.5 Å². The van der Waals surface area contributed by atoms with Gasteiger partial charge in [0.1, 0.15) is 17.1 Å². The fourth-order valence-electron chi connectivity index (χ4n) is 5.98. The zero-order valence-corrected chi connectivity index (χ0v) is 33.0. The van der Waals surface area contributed by atoms with Crippen LogP contribution in [0.25, 0.3) is 33.4 Å². The summed E-state index contributed by atoms with van der Waals surface area (Å²) >= 11 is 0. The molecule has 1 aliphatic carbocycles. The summed E-state index contributed by atoms with van der Waals surface area (Å²) in [5.74, 6) is 6.02. The van der Waals surface area contributed by atoms with Crippen LogP contribution in [0.4, 0.5) is 0 Å². The Labute approximate surface area is 343 Å². The van der Waals surface area contributed by atoms with Gasteiger partial charge in [-0.2, -0.15) is 0 Å². The van der Waals surface area contributed by atoms with Crippen molar-refractivity contribution >= 4 is 34.7 Å². The molecule has 1 radical (unpaired) electrons. The number of benzene rings is 4. The molecule has 0 aromatic heterocycles. The predicted molar refractivity (Wildman–Crippen MR) is 203 cm³/mol. The monoisotopic (exact) mass is 813 g/mol. The van der Waals surface area contributed by atoms with E-state index in [1.807, 2.05) is 31.2 Å². The zero-order valence-electron chi connectivity index (χ0n) is 30.2. The minimum atomic E-state index is -1.26. The standard InChI is InChI=1S/C43H38N3O8.Y/c1-3-20-44-39(49)9-5-4-6-21-45-41(50)27(2)23-29-12-10-28(11-13-29)8-7-22-46-42(51)30-14-17-33(36(24-30)43(52)53)40-34-18-15-31(47)25-37(34)54-38-26-32(48)16-19-35(38)40;/h10-19,24-27,47H,4-6,9,20-23H2,2H3,(H,44,49)(H,45,50)(H,46,51)(H,52,53);/q-1;. The largest absolute Gasteiger partial charge is 0.692 e. The van der Waals surface area contributed by atoms with E-state index in [4.69, 9.17) is 10.8 Å². The van der Waals surface area contributed by atoms with Crippen LogP contribution in [0.2, 0.25) is 0 Å². The van der Waals surface area contributed by atoms with Crippen LogP contribution < -0.4 is 21.4 Å². The number of rotatable bonds is 14. The van der Waals surface area contributed by atoms with E-state index in [1.54, 1.807) is 12.1 Å². The summed E-state index contributed by atoms with van der Waals surface area (Å²) in [7, 11) is 0. The molecular formula is C43H38N3O8Y-. The molecule has 3 amide bonds. The number of unbranched alkanes of at least 4 members (excludes halogenated alkanes) is 2. The molecule has 1 atom stereocenters. The normalized spacial score (nSPS) is 11.0. The van der Waals surface area contributed by atoms with E-state index in [0.29, 0.717) is 47.9 Å². The number of hydrogen-bond donors (Lipinski definition) is 5. The average molecular weight is 814 g/mol. The SMILES string of the molecule is [C-]#CCNC(=O)CCCCCNC(=O)C(C)Cc1ccc(C#CCNC(=O)c2ccc(-c3c4ccc(=O)cc-4oc4cc(O)ccc34)c(C(=O)O)c2)cc1.[Y]. The molecule has 0 saturated heterocycles. The molecule has 3 aromatic rings. The third-order valence-corrected chi connectivity index (χ3v) is 8.73. The Morgan fingerprint density at radius 1 is 0.855 bits per heavy atom. The quantitative estimate of drug-likeness (QED) is 0.0434. The molecule has 1 aliphatic heterocycles. The Morgan fingerprint density at radius 3 is 2.36 bits per heavy atom. The summed E-state index contributed by atoms with van der Waals surface area (Å²) in [4.78, 5) is 61.7. The number of nitrogens with one attached hydrogen (secondary N) is 3. The van der Waals surface area contributed by atoms with Crippen LogP contribution in [0, 0.1) is 30.1 Å². The molecular weight excluding hydrogens is 775 g/mol. The van der Waals surface area contributed by atoms with Crippen molar-refractivity contribution in [2.24, 2.45) is 5.92 Å². The van der Waals surface area contributed by atoms with Crippen LogP contribution >= 0.6 is 0 Å². The molecule has 5 N–H and O–H groups in total. The summed E-state index contributed by atoms with van der Waals surface area (Å²) in [6.45, 7) is 2.53. The molecule has 277 valence electrons. The van der Waals surface area contributed by atoms with Gasteiger partial charge in [-0.05, 0) is 78.9 Å². The molecule has 5 rings (SSSR count). The summed E-state index contributed by atoms with van der Waals surface area (Å²) in [5, 5.41) is 29.0. The first-order valence-corrected chi connectivity index (χ1v) is 17.4. The number of carbonyl (C=O) groups is 4. The van der Waals surface area contributed by atoms with Gasteiger partial charge in [0.05, 0.1) is 12.1 Å². The van der Waals surface area contributed by atoms with Gasteiger partial charge in [0.2, 0.25) is 11.8 Å². The number of carboxylic acids is 1. The minimum absolute atomic E-state index is 0. The Kier molecular flexibility index (Phi) is 15.3. The molecule has 3 aromatic carbocycles. The molecule has 0 bridgehead atoms. The zero-order chi connectivity index (χ0) is 38.6. The molecule has 55 heavy (non-hydrogen) atoms. The Morgan fingerprint density at radius 2 is 1.62 bits per heavy atom. The number of hydrogen-bond acceptors (Lipinski definition) is 7. The topological polar surface area (TPSA) is 175 Å². The van der Waals surface area contributed by atoms with Crippen LogP contribution in [-0.2, 0) is 48.7 Å². The number of fused-ring (bicyclic) bond motifs is 2. The average Bonchev–Trinajstić information content (AvgIpc) is 3.16. The first-order chi connectivity index (χ1) is 26.0. The fourth-order valence-corrected chi connectivity index (χ4v) is 5.98. The summed E-state index contributed by atoms with van der Waals surface area (Å²) in [5.41, 5.74) is 2.91. The smallest absolute Gasteiger partial charge is 0.336 e. The van der Waals surface area contributed by atoms with E-state index in [1.165, 1.54) is 42.5 Å². The second-order valence-corrected chi connectivity index (χ2v) is 12.7. The van der Waals surface area contributed by atoms with E-state index in [2.05, 4.69) is 33.7 Å². The maximum absolute atomic E-state index is 13.0. The van der Waals surface area contributed by atoms with Gasteiger partial charge in [0, 0.05) is 97.9 Å². The number of amides is 3. The maximum Gasteiger partial charge on any atom is 0.336 e. The third-order valence-electron chi connectivity index (χ3n) is 8.73. The van der Waals surface area contributed by atoms with E-state index in [-0.39, 0.29) is 97.2 Å². The van der Waals surface area contributed by atoms with Gasteiger partial charge >= 0.3 is 5.97 Å². The second kappa shape index (κ2) is 20.1. The Hall–Kier alpha value is -5.75. The summed E-state index contributed by atoms with van der Waals surface area (Å²) in [6.07, 6.45) is 10.0. The van der Waals surface area contributed by atoms with Gasteiger partial charge in [-0.15, -0.1) is 0 Å².